The van der Waals surface area contributed by atoms with Crippen molar-refractivity contribution in [2.45, 2.75) is 54.9 Å². The predicted octanol–water partition coefficient (Wildman–Crippen LogP) is 14.5. The maximum absolute atomic E-state index is 2.91. The summed E-state index contributed by atoms with van der Waals surface area (Å²) in [5, 5.41) is 0. The average Bonchev–Trinajstić information content (AvgIpc) is 3.78. The van der Waals surface area contributed by atoms with Crippen molar-refractivity contribution < 1.29 is 0 Å². The second kappa shape index (κ2) is 13.3. The second-order valence-electron chi connectivity index (χ2n) is 19.0. The summed E-state index contributed by atoms with van der Waals surface area (Å²) in [6.45, 7) is 0. The third kappa shape index (κ3) is 4.89. The Morgan fingerprint density at radius 3 is 0.984 bits per heavy atom. The Morgan fingerprint density at radius 2 is 0.623 bits per heavy atom. The van der Waals surface area contributed by atoms with Crippen LogP contribution in [0, 0.1) is 17.8 Å². The molecule has 14 rings (SSSR count). The molecule has 61 heavy (non-hydrogen) atoms. The first-order chi connectivity index (χ1) is 30.2. The van der Waals surface area contributed by atoms with Gasteiger partial charge in [-0.2, -0.15) is 0 Å². The van der Waals surface area contributed by atoms with E-state index in [2.05, 4.69) is 211 Å². The Hall–Kier alpha value is -6.44. The molecule has 0 aliphatic heterocycles. The molecule has 294 valence electrons. The van der Waals surface area contributed by atoms with Crippen molar-refractivity contribution in [1.82, 2.24) is 0 Å². The normalized spacial score (nSPS) is 22.9. The van der Waals surface area contributed by atoms with Crippen LogP contribution in [-0.4, -0.2) is 5.54 Å². The summed E-state index contributed by atoms with van der Waals surface area (Å²) in [6, 6.07) is 78.9. The van der Waals surface area contributed by atoms with Crippen LogP contribution in [0.1, 0.15) is 83.0 Å². The molecule has 0 unspecified atom stereocenters. The van der Waals surface area contributed by atoms with E-state index in [1.807, 2.05) is 0 Å². The minimum Gasteiger partial charge on any atom is -0.335 e. The molecule has 8 aromatic carbocycles. The minimum atomic E-state index is -0.451. The van der Waals surface area contributed by atoms with Gasteiger partial charge in [-0.25, -0.2) is 0 Å². The van der Waals surface area contributed by atoms with Gasteiger partial charge in [-0.15, -0.1) is 0 Å². The van der Waals surface area contributed by atoms with Gasteiger partial charge in [-0.05, 0) is 147 Å². The molecule has 0 heterocycles. The molecular weight excluding hydrogens is 735 g/mol. The molecule has 8 aromatic rings. The van der Waals surface area contributed by atoms with E-state index in [1.165, 1.54) is 117 Å². The van der Waals surface area contributed by atoms with Crippen LogP contribution in [0.25, 0.3) is 22.3 Å². The van der Waals surface area contributed by atoms with E-state index in [-0.39, 0.29) is 5.54 Å². The highest BCUT2D eigenvalue weighted by Crippen LogP contribution is 2.63. The summed E-state index contributed by atoms with van der Waals surface area (Å²) in [5.74, 6) is 2.39. The molecule has 1 heteroatoms. The summed E-state index contributed by atoms with van der Waals surface area (Å²) < 4.78 is 0. The Bertz CT molecular complexity index is 2650. The summed E-state index contributed by atoms with van der Waals surface area (Å²) >= 11 is 0. The zero-order valence-corrected chi connectivity index (χ0v) is 34.6. The molecule has 4 saturated carbocycles. The van der Waals surface area contributed by atoms with Crippen molar-refractivity contribution in [3.05, 3.63) is 251 Å². The lowest BCUT2D eigenvalue weighted by molar-refractivity contribution is 0.000547. The summed E-state index contributed by atoms with van der Waals surface area (Å²) in [6.07, 6.45) is 8.00. The Balaban J connectivity index is 1.09. The molecule has 0 saturated heterocycles. The molecule has 0 aromatic heterocycles. The second-order valence-corrected chi connectivity index (χ2v) is 19.0. The SMILES string of the molecule is c1ccc(C2(c3ccccc3)c3ccccc3-c3ccc(N(c4ccc5c(c4)C(c4ccccc4)(c4ccccc4)c4ccccc4-5)C45CC6CC(CC(C6)C4)C5)cc32)cc1. The van der Waals surface area contributed by atoms with Crippen LogP contribution < -0.4 is 4.90 Å². The molecule has 0 atom stereocenters. The van der Waals surface area contributed by atoms with E-state index >= 15 is 0 Å². The molecule has 4 bridgehead atoms. The van der Waals surface area contributed by atoms with Gasteiger partial charge in [-0.3, -0.25) is 0 Å². The van der Waals surface area contributed by atoms with E-state index < -0.39 is 10.8 Å². The lowest BCUT2D eigenvalue weighted by Gasteiger charge is -2.61. The Kier molecular flexibility index (Phi) is 7.69. The molecule has 0 amide bonds. The van der Waals surface area contributed by atoms with Crippen LogP contribution in [0.15, 0.2) is 206 Å². The van der Waals surface area contributed by atoms with Crippen LogP contribution in [-0.2, 0) is 10.8 Å². The van der Waals surface area contributed by atoms with Crippen molar-refractivity contribution in [2.24, 2.45) is 17.8 Å². The van der Waals surface area contributed by atoms with E-state index in [4.69, 9.17) is 0 Å². The largest absolute Gasteiger partial charge is 0.335 e. The number of fused-ring (bicyclic) bond motifs is 6. The first-order valence-electron chi connectivity index (χ1n) is 22.7. The first-order valence-corrected chi connectivity index (χ1v) is 22.7. The minimum absolute atomic E-state index is 0.0540. The zero-order valence-electron chi connectivity index (χ0n) is 34.6. The third-order valence-corrected chi connectivity index (χ3v) is 15.9. The van der Waals surface area contributed by atoms with E-state index in [1.54, 1.807) is 0 Å². The van der Waals surface area contributed by atoms with Crippen LogP contribution in [0.4, 0.5) is 11.4 Å². The van der Waals surface area contributed by atoms with Gasteiger partial charge in [0.25, 0.3) is 0 Å². The lowest BCUT2D eigenvalue weighted by Crippen LogP contribution is -2.58. The van der Waals surface area contributed by atoms with Crippen LogP contribution >= 0.6 is 0 Å². The van der Waals surface area contributed by atoms with Crippen molar-refractivity contribution in [2.75, 3.05) is 4.90 Å². The molecule has 6 aliphatic carbocycles. The number of rotatable bonds is 7. The third-order valence-electron chi connectivity index (χ3n) is 15.9. The average molecular weight is 784 g/mol. The van der Waals surface area contributed by atoms with Crippen LogP contribution in [0.2, 0.25) is 0 Å². The molecule has 0 N–H and O–H groups in total. The van der Waals surface area contributed by atoms with Crippen molar-refractivity contribution >= 4 is 11.4 Å². The van der Waals surface area contributed by atoms with Gasteiger partial charge in [0, 0.05) is 16.9 Å². The van der Waals surface area contributed by atoms with Gasteiger partial charge < -0.3 is 4.90 Å². The van der Waals surface area contributed by atoms with Gasteiger partial charge in [-0.1, -0.05) is 182 Å². The number of hydrogen-bond acceptors (Lipinski definition) is 1. The summed E-state index contributed by atoms with van der Waals surface area (Å²) in [5.41, 5.74) is 17.9. The Morgan fingerprint density at radius 1 is 0.311 bits per heavy atom. The highest BCUT2D eigenvalue weighted by molar-refractivity contribution is 5.91. The molecule has 1 nitrogen and oxygen atoms in total. The molecule has 4 fully saturated rings. The summed E-state index contributed by atoms with van der Waals surface area (Å²) in [4.78, 5) is 2.91. The van der Waals surface area contributed by atoms with Gasteiger partial charge in [0.15, 0.2) is 0 Å². The summed E-state index contributed by atoms with van der Waals surface area (Å²) in [7, 11) is 0. The van der Waals surface area contributed by atoms with Gasteiger partial charge in [0.2, 0.25) is 0 Å². The predicted molar refractivity (Wildman–Crippen MR) is 251 cm³/mol. The number of hydrogen-bond donors (Lipinski definition) is 0. The highest BCUT2D eigenvalue weighted by Gasteiger charge is 2.55. The van der Waals surface area contributed by atoms with Crippen LogP contribution in [0.3, 0.4) is 0 Å². The topological polar surface area (TPSA) is 3.24 Å². The molecular formula is C60H49N. The maximum atomic E-state index is 2.91. The van der Waals surface area contributed by atoms with Crippen molar-refractivity contribution in [3.8, 4) is 22.3 Å². The smallest absolute Gasteiger partial charge is 0.0714 e. The van der Waals surface area contributed by atoms with Crippen LogP contribution in [0.5, 0.6) is 0 Å². The highest BCUT2D eigenvalue weighted by atomic mass is 15.2. The number of benzene rings is 8. The number of nitrogens with zero attached hydrogens (tertiary/aromatic N) is 1. The lowest BCUT2D eigenvalue weighted by atomic mass is 9.52. The Labute approximate surface area is 360 Å². The fourth-order valence-corrected chi connectivity index (χ4v) is 14.2. The fraction of sp³-hybridized carbons (Fsp3) is 0.200. The fourth-order valence-electron chi connectivity index (χ4n) is 14.2. The maximum Gasteiger partial charge on any atom is 0.0714 e. The van der Waals surface area contributed by atoms with Crippen molar-refractivity contribution in [3.63, 3.8) is 0 Å². The van der Waals surface area contributed by atoms with Crippen molar-refractivity contribution in [1.29, 1.82) is 0 Å². The zero-order chi connectivity index (χ0) is 40.2. The van der Waals surface area contributed by atoms with Gasteiger partial charge in [0.05, 0.1) is 10.8 Å². The van der Waals surface area contributed by atoms with E-state index in [0.29, 0.717) is 0 Å². The van der Waals surface area contributed by atoms with Gasteiger partial charge >= 0.3 is 0 Å². The molecule has 6 aliphatic rings. The van der Waals surface area contributed by atoms with E-state index in [9.17, 15) is 0 Å². The number of anilines is 2. The van der Waals surface area contributed by atoms with Gasteiger partial charge in [0.1, 0.15) is 0 Å². The molecule has 0 spiro atoms. The quantitative estimate of drug-likeness (QED) is 0.156. The van der Waals surface area contributed by atoms with E-state index in [0.717, 1.165) is 17.8 Å². The first kappa shape index (κ1) is 35.3. The standard InChI is InChI=1S/C60H49N/c1-5-17-44(18-6-1)59(45-19-7-2-8-20-45)54-27-15-13-25-50(54)52-31-29-48(36-56(52)59)61(58-38-41-33-42(39-58)35-43(34-41)40-58)49-30-32-53-51-26-14-16-28-55(51)60(57(53)37-49,46-21-9-3-10-22-46)47-23-11-4-12-24-47/h1-32,36-37,41-43H,33-35,38-40H2. The monoisotopic (exact) mass is 783 g/mol. The molecule has 0 radical (unpaired) electrons.